The number of aromatic nitrogens is 2. The molecule has 0 aliphatic rings. The summed E-state index contributed by atoms with van der Waals surface area (Å²) < 4.78 is 66.6. The smallest absolute Gasteiger partial charge is 0.386 e. The molecule has 0 amide bonds. The van der Waals surface area contributed by atoms with Gasteiger partial charge in [0.1, 0.15) is 0 Å². The predicted octanol–water partition coefficient (Wildman–Crippen LogP) is 7.22. The molecule has 0 spiro atoms. The van der Waals surface area contributed by atoms with E-state index in [0.717, 1.165) is 28.3 Å². The van der Waals surface area contributed by atoms with Crippen LogP contribution < -0.4 is 0 Å². The van der Waals surface area contributed by atoms with Crippen molar-refractivity contribution in [3.05, 3.63) is 75.9 Å². The third kappa shape index (κ3) is 5.33. The van der Waals surface area contributed by atoms with Crippen LogP contribution in [0.4, 0.5) is 13.2 Å². The maximum Gasteiger partial charge on any atom is 0.435 e. The summed E-state index contributed by atoms with van der Waals surface area (Å²) in [4.78, 5) is 1.02. The molecule has 0 bridgehead atoms. The topological polar surface area (TPSA) is 72.2 Å². The van der Waals surface area contributed by atoms with Crippen molar-refractivity contribution in [1.82, 2.24) is 9.78 Å². The molecule has 0 saturated carbocycles. The summed E-state index contributed by atoms with van der Waals surface area (Å²) in [6, 6.07) is 13.3. The number of alkyl halides is 3. The monoisotopic (exact) mass is 574 g/mol. The van der Waals surface area contributed by atoms with Crippen molar-refractivity contribution in [2.45, 2.75) is 30.5 Å². The van der Waals surface area contributed by atoms with Crippen molar-refractivity contribution >= 4 is 44.4 Å². The highest BCUT2D eigenvalue weighted by Crippen LogP contribution is 2.41. The number of thiophene rings is 1. The third-order valence-electron chi connectivity index (χ3n) is 5.32. The molecule has 0 radical (unpaired) electrons. The van der Waals surface area contributed by atoms with E-state index >= 15 is 0 Å². The van der Waals surface area contributed by atoms with Crippen molar-refractivity contribution < 1.29 is 26.7 Å². The zero-order valence-corrected chi connectivity index (χ0v) is 22.2. The van der Waals surface area contributed by atoms with E-state index in [4.69, 9.17) is 23.2 Å². The van der Waals surface area contributed by atoms with Gasteiger partial charge in [-0.1, -0.05) is 35.3 Å². The van der Waals surface area contributed by atoms with E-state index in [2.05, 4.69) is 5.10 Å². The predicted molar refractivity (Wildman–Crippen MR) is 136 cm³/mol. The number of benzene rings is 2. The average Bonchev–Trinajstić information content (AvgIpc) is 3.41. The Balaban J connectivity index is 1.87. The summed E-state index contributed by atoms with van der Waals surface area (Å²) in [6.07, 6.45) is -3.64. The van der Waals surface area contributed by atoms with E-state index in [1.54, 1.807) is 18.2 Å². The molecule has 0 aliphatic carbocycles. The second-order valence-corrected chi connectivity index (χ2v) is 12.5. The highest BCUT2D eigenvalue weighted by Gasteiger charge is 2.36. The van der Waals surface area contributed by atoms with E-state index in [0.29, 0.717) is 15.3 Å². The van der Waals surface area contributed by atoms with Crippen LogP contribution >= 0.6 is 34.5 Å². The number of sulfone groups is 1. The number of hydrogen-bond acceptors (Lipinski definition) is 5. The molecule has 5 nitrogen and oxygen atoms in total. The molecule has 2 aromatic heterocycles. The standard InChI is InChI=1S/C24H19Cl2F3N2O3S2/c1-23(2,32)15-6-4-13(10-21(15)36(3,33)34)19-8-9-20(35-19)18-12-22(24(27,28)29)30-31(18)17-11-14(25)5-7-16(17)26/h4-12,32H,1-3H3. The molecule has 0 saturated heterocycles. The second-order valence-electron chi connectivity index (χ2n) is 8.63. The average molecular weight is 575 g/mol. The van der Waals surface area contributed by atoms with Crippen LogP contribution in [0.3, 0.4) is 0 Å². The largest absolute Gasteiger partial charge is 0.435 e. The SMILES string of the molecule is CC(C)(O)c1ccc(-c2ccc(-c3cc(C(F)(F)F)nn3-c3cc(Cl)ccc3Cl)s2)cc1S(C)(=O)=O. The van der Waals surface area contributed by atoms with Gasteiger partial charge in [-0.15, -0.1) is 11.3 Å². The minimum Gasteiger partial charge on any atom is -0.386 e. The highest BCUT2D eigenvalue weighted by molar-refractivity contribution is 7.90. The fourth-order valence-electron chi connectivity index (χ4n) is 3.65. The molecular formula is C24H19Cl2F3N2O3S2. The zero-order chi connectivity index (χ0) is 26.6. The Morgan fingerprint density at radius 2 is 1.64 bits per heavy atom. The number of hydrogen-bond donors (Lipinski definition) is 1. The summed E-state index contributed by atoms with van der Waals surface area (Å²) in [6.45, 7) is 2.97. The molecule has 0 atom stereocenters. The van der Waals surface area contributed by atoms with E-state index in [1.807, 2.05) is 0 Å². The van der Waals surface area contributed by atoms with Gasteiger partial charge < -0.3 is 5.11 Å². The van der Waals surface area contributed by atoms with Crippen LogP contribution in [0.1, 0.15) is 25.1 Å². The molecule has 4 rings (SSSR count). The Hall–Kier alpha value is -2.37. The van der Waals surface area contributed by atoms with Crippen LogP contribution in [0.25, 0.3) is 26.7 Å². The van der Waals surface area contributed by atoms with Crippen LogP contribution in [-0.2, 0) is 21.6 Å². The molecule has 0 fully saturated rings. The van der Waals surface area contributed by atoms with Crippen molar-refractivity contribution in [2.24, 2.45) is 0 Å². The minimum atomic E-state index is -4.69. The summed E-state index contributed by atoms with van der Waals surface area (Å²) >= 11 is 13.5. The summed E-state index contributed by atoms with van der Waals surface area (Å²) in [7, 11) is -3.68. The quantitative estimate of drug-likeness (QED) is 0.273. The number of rotatable bonds is 5. The third-order valence-corrected chi connectivity index (χ3v) is 8.17. The second kappa shape index (κ2) is 9.18. The Bertz CT molecular complexity index is 1570. The first-order valence-corrected chi connectivity index (χ1v) is 13.8. The highest BCUT2D eigenvalue weighted by atomic mass is 35.5. The summed E-state index contributed by atoms with van der Waals surface area (Å²) in [5.74, 6) is 0. The van der Waals surface area contributed by atoms with Gasteiger partial charge in [0.25, 0.3) is 0 Å². The first-order chi connectivity index (χ1) is 16.6. The number of aliphatic hydroxyl groups is 1. The van der Waals surface area contributed by atoms with E-state index in [1.165, 1.54) is 44.2 Å². The maximum atomic E-state index is 13.5. The molecule has 0 unspecified atom stereocenters. The van der Waals surface area contributed by atoms with E-state index in [-0.39, 0.29) is 31.9 Å². The van der Waals surface area contributed by atoms with E-state index in [9.17, 15) is 26.7 Å². The lowest BCUT2D eigenvalue weighted by molar-refractivity contribution is -0.141. The van der Waals surface area contributed by atoms with Gasteiger partial charge in [-0.2, -0.15) is 18.3 Å². The Labute approximate surface area is 219 Å². The van der Waals surface area contributed by atoms with Crippen molar-refractivity contribution in [2.75, 3.05) is 6.26 Å². The lowest BCUT2D eigenvalue weighted by Crippen LogP contribution is -2.19. The molecule has 2 heterocycles. The Morgan fingerprint density at radius 1 is 0.972 bits per heavy atom. The first-order valence-electron chi connectivity index (χ1n) is 10.4. The van der Waals surface area contributed by atoms with Crippen LogP contribution in [0.5, 0.6) is 0 Å². The molecule has 4 aromatic rings. The number of nitrogens with zero attached hydrogens (tertiary/aromatic N) is 2. The zero-order valence-electron chi connectivity index (χ0n) is 19.1. The Morgan fingerprint density at radius 3 is 2.25 bits per heavy atom. The van der Waals surface area contributed by atoms with Gasteiger partial charge in [0.05, 0.1) is 31.8 Å². The van der Waals surface area contributed by atoms with Gasteiger partial charge in [-0.3, -0.25) is 0 Å². The van der Waals surface area contributed by atoms with Crippen molar-refractivity contribution in [3.8, 4) is 26.7 Å². The molecule has 36 heavy (non-hydrogen) atoms. The maximum absolute atomic E-state index is 13.5. The van der Waals surface area contributed by atoms with Crippen LogP contribution in [0.15, 0.2) is 59.5 Å². The lowest BCUT2D eigenvalue weighted by atomic mass is 9.97. The first kappa shape index (κ1) is 26.7. The molecule has 12 heteroatoms. The molecule has 1 N–H and O–H groups in total. The van der Waals surface area contributed by atoms with Gasteiger partial charge in [0.15, 0.2) is 15.5 Å². The summed E-state index contributed by atoms with van der Waals surface area (Å²) in [5, 5.41) is 14.6. The minimum absolute atomic E-state index is 0.0300. The van der Waals surface area contributed by atoms with Gasteiger partial charge in [0.2, 0.25) is 0 Å². The van der Waals surface area contributed by atoms with Gasteiger partial charge >= 0.3 is 6.18 Å². The molecular weight excluding hydrogens is 556 g/mol. The van der Waals surface area contributed by atoms with Crippen molar-refractivity contribution in [1.29, 1.82) is 0 Å². The fourth-order valence-corrected chi connectivity index (χ4v) is 6.07. The number of halogens is 5. The normalized spacial score (nSPS) is 12.8. The lowest BCUT2D eigenvalue weighted by Gasteiger charge is -2.21. The molecule has 190 valence electrons. The fraction of sp³-hybridized carbons (Fsp3) is 0.208. The van der Waals surface area contributed by atoms with Gasteiger partial charge in [-0.05, 0) is 61.9 Å². The molecule has 0 aliphatic heterocycles. The summed E-state index contributed by atoms with van der Waals surface area (Å²) in [5.41, 5.74) is -1.40. The van der Waals surface area contributed by atoms with Crippen LogP contribution in [0.2, 0.25) is 10.0 Å². The van der Waals surface area contributed by atoms with Crippen molar-refractivity contribution in [3.63, 3.8) is 0 Å². The molecule has 2 aromatic carbocycles. The van der Waals surface area contributed by atoms with Gasteiger partial charge in [-0.25, -0.2) is 13.1 Å². The van der Waals surface area contributed by atoms with Crippen LogP contribution in [0, 0.1) is 0 Å². The van der Waals surface area contributed by atoms with Crippen LogP contribution in [-0.4, -0.2) is 29.6 Å². The van der Waals surface area contributed by atoms with Gasteiger partial charge in [0, 0.05) is 21.7 Å². The Kier molecular flexibility index (Phi) is 6.81. The van der Waals surface area contributed by atoms with E-state index < -0.39 is 27.3 Å².